The van der Waals surface area contributed by atoms with Crippen LogP contribution in [0, 0.1) is 5.92 Å². The van der Waals surface area contributed by atoms with Crippen LogP contribution >= 0.6 is 0 Å². The van der Waals surface area contributed by atoms with E-state index >= 15 is 0 Å². The van der Waals surface area contributed by atoms with E-state index in [1.807, 2.05) is 0 Å². The van der Waals surface area contributed by atoms with E-state index in [0.717, 1.165) is 12.8 Å². The Kier molecular flexibility index (Phi) is 6.74. The van der Waals surface area contributed by atoms with Crippen molar-refractivity contribution in [1.29, 1.82) is 0 Å². The molecule has 44 heavy (non-hydrogen) atoms. The maximum absolute atomic E-state index is 2.62. The van der Waals surface area contributed by atoms with Crippen molar-refractivity contribution < 1.29 is 0 Å². The van der Waals surface area contributed by atoms with Crippen molar-refractivity contribution in [3.8, 4) is 22.3 Å². The second-order valence-electron chi connectivity index (χ2n) is 16.0. The van der Waals surface area contributed by atoms with Crippen LogP contribution in [0.2, 0.25) is 0 Å². The summed E-state index contributed by atoms with van der Waals surface area (Å²) in [5.41, 5.74) is 22.5. The molecule has 0 heteroatoms. The Balaban J connectivity index is 1.41. The summed E-state index contributed by atoms with van der Waals surface area (Å²) >= 11 is 0. The fourth-order valence-corrected chi connectivity index (χ4v) is 8.14. The summed E-state index contributed by atoms with van der Waals surface area (Å²) in [6.45, 7) is 20.9. The quantitative estimate of drug-likeness (QED) is 0.227. The summed E-state index contributed by atoms with van der Waals surface area (Å²) in [4.78, 5) is 0. The molecule has 0 saturated heterocycles. The predicted molar refractivity (Wildman–Crippen MR) is 190 cm³/mol. The largest absolute Gasteiger partial charge is 0.0651 e. The molecule has 2 bridgehead atoms. The molecule has 0 N–H and O–H groups in total. The molecule has 0 amide bonds. The molecule has 1 atom stereocenters. The molecule has 0 radical (unpaired) electrons. The third kappa shape index (κ3) is 4.65. The van der Waals surface area contributed by atoms with E-state index in [0.29, 0.717) is 11.8 Å². The lowest BCUT2D eigenvalue weighted by atomic mass is 9.73. The molecule has 0 aliphatic heterocycles. The monoisotopic (exact) mass is 576 g/mol. The molecule has 0 heterocycles. The van der Waals surface area contributed by atoms with Crippen molar-refractivity contribution in [2.24, 2.45) is 5.92 Å². The highest BCUT2D eigenvalue weighted by Crippen LogP contribution is 2.54. The Morgan fingerprint density at radius 3 is 1.89 bits per heavy atom. The highest BCUT2D eigenvalue weighted by molar-refractivity contribution is 5.93. The second kappa shape index (κ2) is 10.2. The van der Waals surface area contributed by atoms with Gasteiger partial charge in [-0.05, 0) is 115 Å². The number of hydrogen-bond acceptors (Lipinski definition) is 0. The average molecular weight is 577 g/mol. The molecule has 0 nitrogen and oxygen atoms in total. The first-order valence-corrected chi connectivity index (χ1v) is 16.8. The van der Waals surface area contributed by atoms with Gasteiger partial charge in [0.1, 0.15) is 0 Å². The molecule has 0 fully saturated rings. The summed E-state index contributed by atoms with van der Waals surface area (Å²) in [5.74, 6) is 0.770. The van der Waals surface area contributed by atoms with Crippen LogP contribution in [0.1, 0.15) is 119 Å². The number of benzene rings is 4. The summed E-state index contributed by atoms with van der Waals surface area (Å²) < 4.78 is 0. The fraction of sp³-hybridized carbons (Fsp3) is 0.364. The third-order valence-electron chi connectivity index (χ3n) is 10.6. The highest BCUT2D eigenvalue weighted by atomic mass is 14.4. The first-order valence-electron chi connectivity index (χ1n) is 16.8. The molecule has 7 rings (SSSR count). The Labute approximate surface area is 266 Å². The molecule has 0 spiro atoms. The zero-order valence-corrected chi connectivity index (χ0v) is 28.3. The van der Waals surface area contributed by atoms with Crippen molar-refractivity contribution in [1.82, 2.24) is 0 Å². The first kappa shape index (κ1) is 29.1. The van der Waals surface area contributed by atoms with E-state index in [1.165, 1.54) is 56.5 Å². The molecule has 0 aromatic heterocycles. The summed E-state index contributed by atoms with van der Waals surface area (Å²) in [6.07, 6.45) is 5.93. The van der Waals surface area contributed by atoms with Crippen LogP contribution in [0.15, 0.2) is 83.9 Å². The normalized spacial score (nSPS) is 17.4. The van der Waals surface area contributed by atoms with E-state index in [9.17, 15) is 0 Å². The molecule has 3 aliphatic carbocycles. The smallest absolute Gasteiger partial charge is 0.0314 e. The van der Waals surface area contributed by atoms with Crippen LogP contribution in [0.3, 0.4) is 0 Å². The van der Waals surface area contributed by atoms with E-state index < -0.39 is 0 Å². The minimum absolute atomic E-state index is 0.152. The lowest BCUT2D eigenvalue weighted by Gasteiger charge is -2.31. The Bertz CT molecular complexity index is 1840. The van der Waals surface area contributed by atoms with Crippen LogP contribution in [0.25, 0.3) is 33.9 Å². The predicted octanol–water partition coefficient (Wildman–Crippen LogP) is 12.1. The Morgan fingerprint density at radius 2 is 1.30 bits per heavy atom. The van der Waals surface area contributed by atoms with Gasteiger partial charge in [-0.1, -0.05) is 145 Å². The maximum Gasteiger partial charge on any atom is 0.0314 e. The molecule has 0 saturated carbocycles. The van der Waals surface area contributed by atoms with Gasteiger partial charge in [0.05, 0.1) is 0 Å². The van der Waals surface area contributed by atoms with Gasteiger partial charge in [0.25, 0.3) is 0 Å². The van der Waals surface area contributed by atoms with E-state index in [4.69, 9.17) is 0 Å². The van der Waals surface area contributed by atoms with E-state index in [-0.39, 0.29) is 10.8 Å². The van der Waals surface area contributed by atoms with Gasteiger partial charge in [0, 0.05) is 5.92 Å². The van der Waals surface area contributed by atoms with Gasteiger partial charge in [-0.15, -0.1) is 0 Å². The van der Waals surface area contributed by atoms with Crippen molar-refractivity contribution in [3.63, 3.8) is 0 Å². The number of fused-ring (bicyclic) bond motifs is 2. The summed E-state index contributed by atoms with van der Waals surface area (Å²) in [5, 5.41) is 0. The highest BCUT2D eigenvalue weighted by Gasteiger charge is 2.37. The maximum atomic E-state index is 2.62. The van der Waals surface area contributed by atoms with Crippen LogP contribution < -0.4 is 0 Å². The number of allylic oxidation sites excluding steroid dienone is 3. The molecule has 1 unspecified atom stereocenters. The standard InChI is InChI=1S/C44H48/c1-26(2)37-25-38-34(28-13-17-31(18-14-28)43(4,5)6)11-10-12-35(38)42(37)39-24-30-23-27(3)33-21-22-36(39)40(41(30)33)29-15-19-32(20-16-29)44(7,8)9/h10-20,24-26,42H,21-23H2,1-9H3. The second-order valence-corrected chi connectivity index (χ2v) is 16.0. The van der Waals surface area contributed by atoms with Crippen molar-refractivity contribution in [2.45, 2.75) is 98.3 Å². The number of hydrogen-bond donors (Lipinski definition) is 0. The first-order chi connectivity index (χ1) is 20.8. The minimum atomic E-state index is 0.152. The van der Waals surface area contributed by atoms with E-state index in [1.54, 1.807) is 33.4 Å². The zero-order valence-electron chi connectivity index (χ0n) is 28.3. The molecule has 224 valence electrons. The lowest BCUT2D eigenvalue weighted by Crippen LogP contribution is -2.14. The van der Waals surface area contributed by atoms with Gasteiger partial charge in [-0.3, -0.25) is 0 Å². The van der Waals surface area contributed by atoms with Crippen LogP contribution in [0.5, 0.6) is 0 Å². The fourth-order valence-electron chi connectivity index (χ4n) is 8.14. The average Bonchev–Trinajstić information content (AvgIpc) is 3.54. The van der Waals surface area contributed by atoms with Gasteiger partial charge >= 0.3 is 0 Å². The minimum Gasteiger partial charge on any atom is -0.0651 e. The Morgan fingerprint density at radius 1 is 0.682 bits per heavy atom. The Hall–Kier alpha value is -3.64. The number of rotatable bonds is 4. The van der Waals surface area contributed by atoms with Gasteiger partial charge < -0.3 is 0 Å². The van der Waals surface area contributed by atoms with Crippen LogP contribution in [-0.4, -0.2) is 0 Å². The lowest BCUT2D eigenvalue weighted by molar-refractivity contribution is 0.590. The topological polar surface area (TPSA) is 0 Å². The zero-order chi connectivity index (χ0) is 31.1. The third-order valence-corrected chi connectivity index (χ3v) is 10.6. The van der Waals surface area contributed by atoms with Gasteiger partial charge in [-0.2, -0.15) is 0 Å². The summed E-state index contributed by atoms with van der Waals surface area (Å²) in [6, 6.07) is 28.5. The SMILES string of the molecule is CC1=C2CCc3c(C4C(C(C)C)=Cc5c(-c6ccc(C(C)(C)C)cc6)cccc54)cc(c2c3-c2ccc(C(C)(C)C)cc2)C1. The van der Waals surface area contributed by atoms with Gasteiger partial charge in [-0.25, -0.2) is 0 Å². The van der Waals surface area contributed by atoms with Gasteiger partial charge in [0.2, 0.25) is 0 Å². The molecular weight excluding hydrogens is 528 g/mol. The molecule has 3 aliphatic rings. The van der Waals surface area contributed by atoms with Gasteiger partial charge in [0.15, 0.2) is 0 Å². The van der Waals surface area contributed by atoms with Crippen molar-refractivity contribution in [3.05, 3.63) is 128 Å². The van der Waals surface area contributed by atoms with Crippen LogP contribution in [-0.2, 0) is 23.7 Å². The molecule has 4 aromatic carbocycles. The molecular formula is C44H48. The van der Waals surface area contributed by atoms with Crippen molar-refractivity contribution >= 4 is 11.6 Å². The van der Waals surface area contributed by atoms with Crippen molar-refractivity contribution in [2.75, 3.05) is 0 Å². The van der Waals surface area contributed by atoms with Crippen LogP contribution in [0.4, 0.5) is 0 Å². The molecule has 4 aromatic rings. The summed E-state index contributed by atoms with van der Waals surface area (Å²) in [7, 11) is 0. The van der Waals surface area contributed by atoms with E-state index in [2.05, 4.69) is 141 Å².